The van der Waals surface area contributed by atoms with Gasteiger partial charge in [-0.2, -0.15) is 0 Å². The molecule has 96 valence electrons. The highest BCUT2D eigenvalue weighted by atomic mass is 16.5. The molecule has 0 amide bonds. The molecule has 1 aliphatic rings. The zero-order valence-corrected chi connectivity index (χ0v) is 10.3. The van der Waals surface area contributed by atoms with Crippen molar-refractivity contribution in [3.63, 3.8) is 0 Å². The lowest BCUT2D eigenvalue weighted by Crippen LogP contribution is -2.04. The van der Waals surface area contributed by atoms with E-state index >= 15 is 0 Å². The number of aromatic hydroxyl groups is 2. The second-order valence-corrected chi connectivity index (χ2v) is 4.59. The van der Waals surface area contributed by atoms with Crippen LogP contribution in [-0.2, 0) is 6.61 Å². The number of ether oxygens (including phenoxy) is 1. The number of carbonyl (C=O) groups is 1. The largest absolute Gasteiger partial charge is 0.507 e. The number of hydrogen-bond acceptors (Lipinski definition) is 4. The Morgan fingerprint density at radius 1 is 1.11 bits per heavy atom. The molecule has 4 heteroatoms. The molecule has 0 unspecified atom stereocenters. The van der Waals surface area contributed by atoms with Gasteiger partial charge in [-0.15, -0.1) is 0 Å². The maximum Gasteiger partial charge on any atom is 0.204 e. The lowest BCUT2D eigenvalue weighted by molar-refractivity contribution is 0.103. The van der Waals surface area contributed by atoms with Crippen LogP contribution in [0.2, 0.25) is 0 Å². The average molecular weight is 256 g/mol. The van der Waals surface area contributed by atoms with E-state index in [1.807, 2.05) is 6.92 Å². The van der Waals surface area contributed by atoms with E-state index < -0.39 is 5.78 Å². The van der Waals surface area contributed by atoms with Crippen LogP contribution in [0.4, 0.5) is 0 Å². The van der Waals surface area contributed by atoms with Crippen LogP contribution in [0.3, 0.4) is 0 Å². The summed E-state index contributed by atoms with van der Waals surface area (Å²) in [6.07, 6.45) is 0. The molecule has 0 saturated heterocycles. The van der Waals surface area contributed by atoms with Crippen LogP contribution in [0.15, 0.2) is 30.3 Å². The van der Waals surface area contributed by atoms with Gasteiger partial charge in [-0.1, -0.05) is 12.1 Å². The smallest absolute Gasteiger partial charge is 0.204 e. The highest BCUT2D eigenvalue weighted by Gasteiger charge is 2.27. The lowest BCUT2D eigenvalue weighted by Gasteiger charge is -2.08. The first-order chi connectivity index (χ1) is 9.08. The normalized spacial score (nSPS) is 13.2. The van der Waals surface area contributed by atoms with Gasteiger partial charge in [0.15, 0.2) is 0 Å². The molecule has 2 aromatic rings. The van der Waals surface area contributed by atoms with Crippen LogP contribution in [-0.4, -0.2) is 16.0 Å². The van der Waals surface area contributed by atoms with E-state index in [1.54, 1.807) is 18.2 Å². The molecule has 1 aliphatic heterocycles. The number of carbonyl (C=O) groups excluding carboxylic acids is 1. The Labute approximate surface area is 109 Å². The fourth-order valence-corrected chi connectivity index (χ4v) is 2.37. The molecule has 0 bridgehead atoms. The van der Waals surface area contributed by atoms with Crippen LogP contribution >= 0.6 is 0 Å². The number of ketones is 1. The van der Waals surface area contributed by atoms with Crippen molar-refractivity contribution in [3.05, 3.63) is 52.6 Å². The Kier molecular flexibility index (Phi) is 2.45. The third-order valence-corrected chi connectivity index (χ3v) is 3.19. The monoisotopic (exact) mass is 256 g/mol. The number of phenols is 2. The lowest BCUT2D eigenvalue weighted by atomic mass is 9.96. The quantitative estimate of drug-likeness (QED) is 0.760. The molecule has 19 heavy (non-hydrogen) atoms. The van der Waals surface area contributed by atoms with E-state index in [1.165, 1.54) is 12.1 Å². The van der Waals surface area contributed by atoms with Crippen molar-refractivity contribution < 1.29 is 19.7 Å². The third-order valence-electron chi connectivity index (χ3n) is 3.19. The van der Waals surface area contributed by atoms with Crippen LogP contribution in [0.25, 0.3) is 0 Å². The van der Waals surface area contributed by atoms with Gasteiger partial charge in [0.1, 0.15) is 29.4 Å². The van der Waals surface area contributed by atoms with Gasteiger partial charge in [-0.05, 0) is 30.7 Å². The van der Waals surface area contributed by atoms with Crippen LogP contribution in [0.1, 0.15) is 27.0 Å². The molecule has 2 N–H and O–H groups in total. The van der Waals surface area contributed by atoms with Crippen LogP contribution in [0, 0.1) is 6.92 Å². The molecule has 0 atom stereocenters. The highest BCUT2D eigenvalue weighted by molar-refractivity contribution is 6.15. The summed E-state index contributed by atoms with van der Waals surface area (Å²) >= 11 is 0. The summed E-state index contributed by atoms with van der Waals surface area (Å²) < 4.78 is 5.54. The van der Waals surface area contributed by atoms with Crippen molar-refractivity contribution in [2.45, 2.75) is 13.5 Å². The minimum atomic E-state index is -0.418. The minimum absolute atomic E-state index is 0.0836. The molecular weight excluding hydrogens is 244 g/mol. The average Bonchev–Trinajstić information content (AvgIpc) is 2.48. The number of phenolic OH excluding ortho intramolecular Hbond substituents is 2. The summed E-state index contributed by atoms with van der Waals surface area (Å²) in [6.45, 7) is 2.02. The van der Waals surface area contributed by atoms with Crippen molar-refractivity contribution in [1.29, 1.82) is 0 Å². The summed E-state index contributed by atoms with van der Waals surface area (Å²) in [4.78, 5) is 12.5. The van der Waals surface area contributed by atoms with Gasteiger partial charge in [0.05, 0.1) is 5.56 Å². The first-order valence-corrected chi connectivity index (χ1v) is 5.90. The molecule has 1 heterocycles. The van der Waals surface area contributed by atoms with E-state index in [0.717, 1.165) is 5.56 Å². The molecule has 0 spiro atoms. The van der Waals surface area contributed by atoms with Crippen molar-refractivity contribution in [2.75, 3.05) is 0 Å². The number of aryl methyl sites for hydroxylation is 1. The van der Waals surface area contributed by atoms with E-state index in [4.69, 9.17) is 4.74 Å². The van der Waals surface area contributed by atoms with Gasteiger partial charge in [0.25, 0.3) is 0 Å². The molecule has 3 rings (SSSR count). The van der Waals surface area contributed by atoms with Crippen molar-refractivity contribution in [3.8, 4) is 17.2 Å². The second-order valence-electron chi connectivity index (χ2n) is 4.59. The number of rotatable bonds is 0. The Morgan fingerprint density at radius 3 is 2.68 bits per heavy atom. The van der Waals surface area contributed by atoms with Gasteiger partial charge in [-0.3, -0.25) is 4.79 Å². The Balaban J connectivity index is 2.29. The van der Waals surface area contributed by atoms with E-state index in [9.17, 15) is 15.0 Å². The van der Waals surface area contributed by atoms with Crippen molar-refractivity contribution in [2.24, 2.45) is 0 Å². The topological polar surface area (TPSA) is 66.8 Å². The minimum Gasteiger partial charge on any atom is -0.507 e. The molecule has 0 saturated carbocycles. The molecule has 0 radical (unpaired) electrons. The first kappa shape index (κ1) is 11.6. The summed E-state index contributed by atoms with van der Waals surface area (Å²) in [6, 6.07) is 8.00. The van der Waals surface area contributed by atoms with E-state index in [-0.39, 0.29) is 29.2 Å². The van der Waals surface area contributed by atoms with Gasteiger partial charge in [0.2, 0.25) is 5.78 Å². The molecule has 0 fully saturated rings. The van der Waals surface area contributed by atoms with E-state index in [2.05, 4.69) is 0 Å². The Bertz CT molecular complexity index is 689. The maximum absolute atomic E-state index is 12.5. The van der Waals surface area contributed by atoms with Gasteiger partial charge < -0.3 is 14.9 Å². The van der Waals surface area contributed by atoms with E-state index in [0.29, 0.717) is 11.3 Å². The maximum atomic E-state index is 12.5. The zero-order valence-electron chi connectivity index (χ0n) is 10.3. The summed E-state index contributed by atoms with van der Waals surface area (Å²) in [5.41, 5.74) is 1.77. The molecule has 4 nitrogen and oxygen atoms in total. The molecular formula is C15H12O4. The standard InChI is InChI=1S/C15H12O4/c1-8-5-9-7-19-12-4-2-3-10(16)14(12)15(18)13(9)11(17)6-8/h2-6,16-17H,7H2,1H3. The molecule has 2 aromatic carbocycles. The summed E-state index contributed by atoms with van der Waals surface area (Å²) in [7, 11) is 0. The highest BCUT2D eigenvalue weighted by Crippen LogP contribution is 2.37. The third kappa shape index (κ3) is 1.73. The summed E-state index contributed by atoms with van der Waals surface area (Å²) in [5.74, 6) is -0.314. The number of hydrogen-bond donors (Lipinski definition) is 2. The predicted molar refractivity (Wildman–Crippen MR) is 68.7 cm³/mol. The Morgan fingerprint density at radius 2 is 1.89 bits per heavy atom. The van der Waals surface area contributed by atoms with Crippen LogP contribution < -0.4 is 4.74 Å². The van der Waals surface area contributed by atoms with Gasteiger partial charge in [0, 0.05) is 5.56 Å². The SMILES string of the molecule is Cc1cc(O)c2c(c1)COc1cccc(O)c1C2=O. The van der Waals surface area contributed by atoms with Gasteiger partial charge in [-0.25, -0.2) is 0 Å². The predicted octanol–water partition coefficient (Wildman–Crippen LogP) is 2.53. The molecule has 0 aliphatic carbocycles. The second kappa shape index (κ2) is 4.02. The summed E-state index contributed by atoms with van der Waals surface area (Å²) in [5, 5.41) is 19.8. The van der Waals surface area contributed by atoms with Crippen molar-refractivity contribution >= 4 is 5.78 Å². The first-order valence-electron chi connectivity index (χ1n) is 5.90. The van der Waals surface area contributed by atoms with Crippen LogP contribution in [0.5, 0.6) is 17.2 Å². The zero-order chi connectivity index (χ0) is 13.6. The fourth-order valence-electron chi connectivity index (χ4n) is 2.37. The number of fused-ring (bicyclic) bond motifs is 2. The molecule has 0 aromatic heterocycles. The fraction of sp³-hybridized carbons (Fsp3) is 0.133. The van der Waals surface area contributed by atoms with Crippen molar-refractivity contribution in [1.82, 2.24) is 0 Å². The Hall–Kier alpha value is -2.49. The number of benzene rings is 2. The van der Waals surface area contributed by atoms with Gasteiger partial charge >= 0.3 is 0 Å².